The van der Waals surface area contributed by atoms with E-state index in [1.54, 1.807) is 14.2 Å². The zero-order valence-corrected chi connectivity index (χ0v) is 20.1. The highest BCUT2D eigenvalue weighted by atomic mass is 127. The smallest absolute Gasteiger partial charge is 0.194 e. The Morgan fingerprint density at radius 2 is 1.86 bits per heavy atom. The van der Waals surface area contributed by atoms with E-state index in [0.717, 1.165) is 42.8 Å². The molecule has 1 aromatic carbocycles. The molecule has 0 saturated heterocycles. The molecule has 0 fully saturated rings. The van der Waals surface area contributed by atoms with Gasteiger partial charge in [0.25, 0.3) is 0 Å². The van der Waals surface area contributed by atoms with Gasteiger partial charge in [-0.05, 0) is 47.4 Å². The fourth-order valence-corrected chi connectivity index (χ4v) is 3.39. The molecule has 0 bridgehead atoms. The monoisotopic (exact) mass is 511 g/mol. The van der Waals surface area contributed by atoms with E-state index < -0.39 is 0 Å². The number of ether oxygens (including phenoxy) is 2. The van der Waals surface area contributed by atoms with Gasteiger partial charge < -0.3 is 24.6 Å². The maximum atomic E-state index is 5.46. The first-order chi connectivity index (χ1) is 13.5. The number of methoxy groups -OCH3 is 2. The Bertz CT molecular complexity index is 857. The van der Waals surface area contributed by atoms with Crippen LogP contribution >= 0.6 is 24.0 Å². The SMILES string of the molecule is CN=C(NCc1ccnc(N(C)C)c1)N1CCc2cc(OC)c(OC)cc2C1.I. The third kappa shape index (κ3) is 5.43. The predicted molar refractivity (Wildman–Crippen MR) is 128 cm³/mol. The first-order valence-electron chi connectivity index (χ1n) is 9.37. The van der Waals surface area contributed by atoms with Gasteiger partial charge >= 0.3 is 0 Å². The Balaban J connectivity index is 0.00000300. The van der Waals surface area contributed by atoms with Gasteiger partial charge in [0.1, 0.15) is 5.82 Å². The summed E-state index contributed by atoms with van der Waals surface area (Å²) in [6.45, 7) is 2.39. The van der Waals surface area contributed by atoms with Gasteiger partial charge in [-0.1, -0.05) is 0 Å². The van der Waals surface area contributed by atoms with Crippen LogP contribution in [0, 0.1) is 0 Å². The molecule has 0 spiro atoms. The Labute approximate surface area is 190 Å². The van der Waals surface area contributed by atoms with Gasteiger partial charge in [0.05, 0.1) is 14.2 Å². The van der Waals surface area contributed by atoms with Crippen molar-refractivity contribution in [2.45, 2.75) is 19.5 Å². The lowest BCUT2D eigenvalue weighted by Crippen LogP contribution is -2.43. The molecular weight excluding hydrogens is 481 g/mol. The van der Waals surface area contributed by atoms with Gasteiger partial charge in [-0.3, -0.25) is 4.99 Å². The summed E-state index contributed by atoms with van der Waals surface area (Å²) in [4.78, 5) is 13.1. The van der Waals surface area contributed by atoms with Gasteiger partial charge in [0, 0.05) is 47.0 Å². The maximum Gasteiger partial charge on any atom is 0.194 e. The van der Waals surface area contributed by atoms with Crippen molar-refractivity contribution in [2.75, 3.05) is 46.8 Å². The second-order valence-corrected chi connectivity index (χ2v) is 6.96. The second kappa shape index (κ2) is 10.5. The molecule has 29 heavy (non-hydrogen) atoms. The lowest BCUT2D eigenvalue weighted by molar-refractivity contribution is 0.346. The van der Waals surface area contributed by atoms with Crippen molar-refractivity contribution in [3.8, 4) is 11.5 Å². The van der Waals surface area contributed by atoms with Crippen LogP contribution in [-0.2, 0) is 19.5 Å². The quantitative estimate of drug-likeness (QED) is 0.379. The zero-order chi connectivity index (χ0) is 20.1. The molecule has 158 valence electrons. The minimum Gasteiger partial charge on any atom is -0.493 e. The van der Waals surface area contributed by atoms with Crippen LogP contribution in [0.2, 0.25) is 0 Å². The molecule has 1 aliphatic heterocycles. The Hall–Kier alpha value is -2.23. The standard InChI is InChI=1S/C21H29N5O2.HI/c1-22-21(24-13-15-6-8-23-20(10-15)25(2)3)26-9-7-16-11-18(27-4)19(28-5)12-17(16)14-26;/h6,8,10-12H,7,9,13-14H2,1-5H3,(H,22,24);1H. The number of pyridine rings is 1. The molecular formula is C21H30IN5O2. The average Bonchev–Trinajstić information content (AvgIpc) is 2.73. The number of nitrogens with one attached hydrogen (secondary N) is 1. The summed E-state index contributed by atoms with van der Waals surface area (Å²) in [6.07, 6.45) is 2.78. The molecule has 0 amide bonds. The van der Waals surface area contributed by atoms with Crippen LogP contribution in [0.3, 0.4) is 0 Å². The summed E-state index contributed by atoms with van der Waals surface area (Å²) in [5, 5.41) is 3.48. The number of nitrogens with zero attached hydrogens (tertiary/aromatic N) is 4. The third-order valence-electron chi connectivity index (χ3n) is 4.95. The predicted octanol–water partition coefficient (Wildman–Crippen LogP) is 2.92. The third-order valence-corrected chi connectivity index (χ3v) is 4.95. The number of aliphatic imine (C=N–C) groups is 1. The van der Waals surface area contributed by atoms with E-state index in [9.17, 15) is 0 Å². The lowest BCUT2D eigenvalue weighted by Gasteiger charge is -2.32. The molecule has 0 unspecified atom stereocenters. The van der Waals surface area contributed by atoms with E-state index in [0.29, 0.717) is 6.54 Å². The van der Waals surface area contributed by atoms with Crippen molar-refractivity contribution in [3.63, 3.8) is 0 Å². The number of hydrogen-bond acceptors (Lipinski definition) is 5. The van der Waals surface area contributed by atoms with E-state index in [1.807, 2.05) is 38.3 Å². The molecule has 2 heterocycles. The number of aromatic nitrogens is 1. The van der Waals surface area contributed by atoms with E-state index in [2.05, 4.69) is 38.4 Å². The number of benzene rings is 1. The Morgan fingerprint density at radius 1 is 1.17 bits per heavy atom. The minimum absolute atomic E-state index is 0. The van der Waals surface area contributed by atoms with Crippen LogP contribution in [-0.4, -0.2) is 57.8 Å². The van der Waals surface area contributed by atoms with E-state index >= 15 is 0 Å². The van der Waals surface area contributed by atoms with Gasteiger partial charge in [-0.15, -0.1) is 24.0 Å². The highest BCUT2D eigenvalue weighted by molar-refractivity contribution is 14.0. The van der Waals surface area contributed by atoms with E-state index in [-0.39, 0.29) is 24.0 Å². The van der Waals surface area contributed by atoms with E-state index in [1.165, 1.54) is 16.7 Å². The Morgan fingerprint density at radius 3 is 2.48 bits per heavy atom. The molecule has 1 aliphatic rings. The summed E-state index contributed by atoms with van der Waals surface area (Å²) >= 11 is 0. The van der Waals surface area contributed by atoms with Crippen molar-refractivity contribution in [3.05, 3.63) is 47.2 Å². The topological polar surface area (TPSA) is 62.2 Å². The lowest BCUT2D eigenvalue weighted by atomic mass is 9.99. The van der Waals surface area contributed by atoms with Gasteiger partial charge in [0.2, 0.25) is 0 Å². The summed E-state index contributed by atoms with van der Waals surface area (Å²) in [5.41, 5.74) is 3.71. The highest BCUT2D eigenvalue weighted by Gasteiger charge is 2.21. The fourth-order valence-electron chi connectivity index (χ4n) is 3.39. The average molecular weight is 511 g/mol. The van der Waals surface area contributed by atoms with Gasteiger partial charge in [-0.25, -0.2) is 4.98 Å². The molecule has 8 heteroatoms. The molecule has 1 aromatic heterocycles. The van der Waals surface area contributed by atoms with Crippen LogP contribution in [0.15, 0.2) is 35.5 Å². The first-order valence-corrected chi connectivity index (χ1v) is 9.37. The largest absolute Gasteiger partial charge is 0.493 e. The maximum absolute atomic E-state index is 5.46. The number of anilines is 1. The first kappa shape index (κ1) is 23.1. The number of fused-ring (bicyclic) bond motifs is 1. The van der Waals surface area contributed by atoms with Gasteiger partial charge in [-0.2, -0.15) is 0 Å². The number of hydrogen-bond donors (Lipinski definition) is 1. The number of guanidine groups is 1. The van der Waals surface area contributed by atoms with Crippen molar-refractivity contribution in [1.29, 1.82) is 0 Å². The van der Waals surface area contributed by atoms with Crippen molar-refractivity contribution < 1.29 is 9.47 Å². The summed E-state index contributed by atoms with van der Waals surface area (Å²) in [7, 11) is 9.15. The van der Waals surface area contributed by atoms with E-state index in [4.69, 9.17) is 9.47 Å². The fraction of sp³-hybridized carbons (Fsp3) is 0.429. The summed E-state index contributed by atoms with van der Waals surface area (Å²) in [5.74, 6) is 3.39. The second-order valence-electron chi connectivity index (χ2n) is 6.96. The van der Waals surface area contributed by atoms with Crippen LogP contribution in [0.5, 0.6) is 11.5 Å². The van der Waals surface area contributed by atoms with Crippen molar-refractivity contribution >= 4 is 35.8 Å². The molecule has 0 radical (unpaired) electrons. The number of halogens is 1. The van der Waals surface area contributed by atoms with Crippen LogP contribution < -0.4 is 19.7 Å². The van der Waals surface area contributed by atoms with Crippen LogP contribution in [0.25, 0.3) is 0 Å². The molecule has 7 nitrogen and oxygen atoms in total. The minimum atomic E-state index is 0. The molecule has 1 N–H and O–H groups in total. The number of rotatable bonds is 5. The highest BCUT2D eigenvalue weighted by Crippen LogP contribution is 2.33. The Kier molecular flexibility index (Phi) is 8.36. The van der Waals surface area contributed by atoms with Crippen molar-refractivity contribution in [1.82, 2.24) is 15.2 Å². The van der Waals surface area contributed by atoms with Crippen LogP contribution in [0.4, 0.5) is 5.82 Å². The molecule has 0 atom stereocenters. The summed E-state index contributed by atoms with van der Waals surface area (Å²) in [6, 6.07) is 8.26. The zero-order valence-electron chi connectivity index (χ0n) is 17.7. The van der Waals surface area contributed by atoms with Crippen LogP contribution in [0.1, 0.15) is 16.7 Å². The summed E-state index contributed by atoms with van der Waals surface area (Å²) < 4.78 is 10.9. The molecule has 0 saturated carbocycles. The van der Waals surface area contributed by atoms with Crippen molar-refractivity contribution in [2.24, 2.45) is 4.99 Å². The molecule has 2 aromatic rings. The van der Waals surface area contributed by atoms with Gasteiger partial charge in [0.15, 0.2) is 17.5 Å². The molecule has 3 rings (SSSR count). The normalized spacial score (nSPS) is 13.3. The molecule has 0 aliphatic carbocycles.